The zero-order valence-electron chi connectivity index (χ0n) is 29.5. The number of fused-ring (bicyclic) bond motifs is 4. The molecule has 0 fully saturated rings. The van der Waals surface area contributed by atoms with E-state index in [0.29, 0.717) is 0 Å². The van der Waals surface area contributed by atoms with Crippen molar-refractivity contribution in [2.45, 2.75) is 48.5 Å². The predicted molar refractivity (Wildman–Crippen MR) is 216 cm³/mol. The quantitative estimate of drug-likeness (QED) is 0.154. The molecular weight excluding hydrogens is 715 g/mol. The van der Waals surface area contributed by atoms with Gasteiger partial charge in [0.2, 0.25) is 0 Å². The molecule has 0 N–H and O–H groups in total. The Labute approximate surface area is 311 Å². The molecule has 0 saturated heterocycles. The fourth-order valence-corrected chi connectivity index (χ4v) is 6.97. The van der Waals surface area contributed by atoms with Gasteiger partial charge in [0, 0.05) is 0 Å². The molecule has 0 saturated carbocycles. The van der Waals surface area contributed by atoms with Crippen molar-refractivity contribution in [2.24, 2.45) is 0 Å². The maximum absolute atomic E-state index is 4.93. The predicted octanol–water partition coefficient (Wildman–Crippen LogP) is 14.8. The van der Waals surface area contributed by atoms with Gasteiger partial charge in [-0.15, -0.1) is 55.9 Å². The molecule has 8 aromatic carbocycles. The van der Waals surface area contributed by atoms with Crippen molar-refractivity contribution in [3.8, 4) is 22.3 Å². The van der Waals surface area contributed by atoms with Gasteiger partial charge in [0.05, 0.1) is 0 Å². The van der Waals surface area contributed by atoms with Gasteiger partial charge in [0.1, 0.15) is 0 Å². The van der Waals surface area contributed by atoms with Crippen molar-refractivity contribution in [2.75, 3.05) is 0 Å². The van der Waals surface area contributed by atoms with E-state index < -0.39 is 20.8 Å². The van der Waals surface area contributed by atoms with E-state index in [1.165, 1.54) is 98.7 Å². The molecule has 0 aromatic heterocycles. The second-order valence-electron chi connectivity index (χ2n) is 12.6. The molecule has 0 heterocycles. The molecule has 8 aromatic rings. The van der Waals surface area contributed by atoms with Crippen molar-refractivity contribution < 1.29 is 20.8 Å². The molecule has 0 bridgehead atoms. The van der Waals surface area contributed by atoms with Crippen molar-refractivity contribution >= 4 is 60.1 Å². The molecule has 3 heteroatoms. The number of aryl methyl sites for hydroxylation is 6. The summed E-state index contributed by atoms with van der Waals surface area (Å²) in [7, 11) is 9.87. The van der Waals surface area contributed by atoms with Crippen LogP contribution in [0.2, 0.25) is 0 Å². The van der Waals surface area contributed by atoms with Crippen LogP contribution in [0.5, 0.6) is 0 Å². The monoisotopic (exact) mass is 755 g/mol. The van der Waals surface area contributed by atoms with Crippen LogP contribution in [-0.2, 0) is 20.8 Å². The minimum absolute atomic E-state index is 0.826. The van der Waals surface area contributed by atoms with Crippen molar-refractivity contribution in [3.05, 3.63) is 162 Å². The van der Waals surface area contributed by atoms with Gasteiger partial charge < -0.3 is 6.92 Å². The summed E-state index contributed by atoms with van der Waals surface area (Å²) < 4.78 is 0. The molecule has 0 aliphatic rings. The SMILES string of the molecule is Cc1cc2c(-c3cccc4ccccc34)cc(C)c(C)c2[cH-]1.Cc1cc2c(-c3cccc4ccccc34)cc(C)c(C)c2[cH-]1.[CH2-]C.[Cl][Zr][Cl]. The summed E-state index contributed by atoms with van der Waals surface area (Å²) >= 11 is -0.826. The molecule has 0 nitrogen and oxygen atoms in total. The zero-order valence-corrected chi connectivity index (χ0v) is 33.5. The van der Waals surface area contributed by atoms with Crippen LogP contribution in [0.15, 0.2) is 121 Å². The minimum atomic E-state index is -0.826. The van der Waals surface area contributed by atoms with Crippen LogP contribution < -0.4 is 0 Å². The first-order valence-electron chi connectivity index (χ1n) is 16.7. The Morgan fingerprint density at radius 2 is 0.796 bits per heavy atom. The van der Waals surface area contributed by atoms with E-state index in [-0.39, 0.29) is 0 Å². The van der Waals surface area contributed by atoms with Crippen LogP contribution in [-0.4, -0.2) is 0 Å². The number of hydrogen-bond acceptors (Lipinski definition) is 0. The van der Waals surface area contributed by atoms with Gasteiger partial charge in [-0.2, -0.15) is 19.1 Å². The Bertz CT molecular complexity index is 2190. The van der Waals surface area contributed by atoms with E-state index in [4.69, 9.17) is 17.0 Å². The third-order valence-corrected chi connectivity index (χ3v) is 9.52. The summed E-state index contributed by atoms with van der Waals surface area (Å²) in [6.45, 7) is 18.2. The van der Waals surface area contributed by atoms with Crippen LogP contribution in [0.4, 0.5) is 0 Å². The van der Waals surface area contributed by atoms with Gasteiger partial charge in [0.15, 0.2) is 0 Å². The van der Waals surface area contributed by atoms with E-state index in [1.807, 2.05) is 0 Å². The fourth-order valence-electron chi connectivity index (χ4n) is 6.97. The topological polar surface area (TPSA) is 0 Å². The molecule has 248 valence electrons. The van der Waals surface area contributed by atoms with Crippen LogP contribution >= 0.6 is 17.0 Å². The Balaban J connectivity index is 0.000000169. The van der Waals surface area contributed by atoms with Gasteiger partial charge in [-0.25, -0.2) is 0 Å². The third kappa shape index (κ3) is 7.66. The van der Waals surface area contributed by atoms with Gasteiger partial charge in [-0.1, -0.05) is 147 Å². The number of benzene rings is 6. The average Bonchev–Trinajstić information content (AvgIpc) is 3.72. The van der Waals surface area contributed by atoms with Gasteiger partial charge >= 0.3 is 37.9 Å². The Morgan fingerprint density at radius 1 is 0.449 bits per heavy atom. The molecule has 0 spiro atoms. The number of rotatable bonds is 2. The van der Waals surface area contributed by atoms with Gasteiger partial charge in [-0.05, 0) is 46.5 Å². The average molecular weight is 758 g/mol. The molecular formula is C46H43Cl2Zr-3. The van der Waals surface area contributed by atoms with Crippen LogP contribution in [0, 0.1) is 48.5 Å². The summed E-state index contributed by atoms with van der Waals surface area (Å²) in [5, 5.41) is 10.8. The second-order valence-corrected chi connectivity index (χ2v) is 16.3. The van der Waals surface area contributed by atoms with Gasteiger partial charge in [-0.3, -0.25) is 0 Å². The summed E-state index contributed by atoms with van der Waals surface area (Å²) in [4.78, 5) is 0. The van der Waals surface area contributed by atoms with Crippen molar-refractivity contribution in [1.29, 1.82) is 0 Å². The Morgan fingerprint density at radius 3 is 1.18 bits per heavy atom. The summed E-state index contributed by atoms with van der Waals surface area (Å²) in [6.07, 6.45) is 0. The molecule has 8 rings (SSSR count). The fraction of sp³-hybridized carbons (Fsp3) is 0.152. The molecule has 49 heavy (non-hydrogen) atoms. The summed E-state index contributed by atoms with van der Waals surface area (Å²) in [6, 6.07) is 44.4. The van der Waals surface area contributed by atoms with Crippen LogP contribution in [0.25, 0.3) is 65.3 Å². The molecule has 0 radical (unpaired) electrons. The standard InChI is InChI=1S/2C22H19.C2H5.2ClH.Zr/c2*1-14-11-20-16(3)15(2)13-22(21(20)12-14)19-10-6-8-17-7-4-5-9-18(17)19;1-2;;;/h2*4-13H,1-3H3;1H2,2H3;2*1H;/q3*-1;;;+2/p-2. The summed E-state index contributed by atoms with van der Waals surface area (Å²) in [5.74, 6) is 0. The van der Waals surface area contributed by atoms with E-state index in [1.54, 1.807) is 6.92 Å². The van der Waals surface area contributed by atoms with Crippen LogP contribution in [0.3, 0.4) is 0 Å². The van der Waals surface area contributed by atoms with E-state index in [0.717, 1.165) is 0 Å². The van der Waals surface area contributed by atoms with Crippen molar-refractivity contribution in [3.63, 3.8) is 0 Å². The first-order valence-corrected chi connectivity index (χ1v) is 23.0. The Kier molecular flexibility index (Phi) is 12.4. The Hall–Kier alpha value is -3.48. The molecule has 0 unspecified atom stereocenters. The first kappa shape index (κ1) is 36.8. The van der Waals surface area contributed by atoms with Crippen molar-refractivity contribution in [1.82, 2.24) is 0 Å². The number of hydrogen-bond donors (Lipinski definition) is 0. The van der Waals surface area contributed by atoms with Gasteiger partial charge in [0.25, 0.3) is 0 Å². The second kappa shape index (κ2) is 16.5. The van der Waals surface area contributed by atoms with E-state index in [9.17, 15) is 0 Å². The molecule has 0 aliphatic carbocycles. The number of halogens is 2. The zero-order chi connectivity index (χ0) is 35.2. The molecule has 0 atom stereocenters. The van der Waals surface area contributed by atoms with E-state index >= 15 is 0 Å². The molecule has 0 aliphatic heterocycles. The van der Waals surface area contributed by atoms with Crippen LogP contribution in [0.1, 0.15) is 40.3 Å². The van der Waals surface area contributed by atoms with E-state index in [2.05, 4.69) is 170 Å². The molecule has 0 amide bonds. The first-order chi connectivity index (χ1) is 23.7. The third-order valence-electron chi connectivity index (χ3n) is 9.52. The maximum atomic E-state index is 4.93. The normalized spacial score (nSPS) is 10.7. The summed E-state index contributed by atoms with van der Waals surface area (Å²) in [5.41, 5.74) is 13.6.